The van der Waals surface area contributed by atoms with Gasteiger partial charge in [0.2, 0.25) is 0 Å². The van der Waals surface area contributed by atoms with Crippen molar-refractivity contribution >= 4 is 6.09 Å². The van der Waals surface area contributed by atoms with Crippen molar-refractivity contribution in [3.05, 3.63) is 37.0 Å². The van der Waals surface area contributed by atoms with E-state index in [1.165, 1.54) is 0 Å². The highest BCUT2D eigenvalue weighted by Crippen LogP contribution is 2.09. The topological polar surface area (TPSA) is 29.5 Å². The Morgan fingerprint density at radius 1 is 1.33 bits per heavy atom. The summed E-state index contributed by atoms with van der Waals surface area (Å²) in [5, 5.41) is 0. The van der Waals surface area contributed by atoms with Gasteiger partial charge in [-0.25, -0.2) is 4.79 Å². The van der Waals surface area contributed by atoms with Gasteiger partial charge in [0.15, 0.2) is 0 Å². The molecule has 15 heavy (non-hydrogen) atoms. The third kappa shape index (κ3) is 3.62. The number of allylic oxidation sites excluding steroid dienone is 2. The van der Waals surface area contributed by atoms with Gasteiger partial charge in [-0.15, -0.1) is 0 Å². The van der Waals surface area contributed by atoms with Crippen molar-refractivity contribution in [3.63, 3.8) is 0 Å². The molecule has 0 aliphatic carbocycles. The standard InChI is InChI=1S/C12H17NO2/c1-3-7-11(4-2)10-15-12(14)13-8-5-6-9-13/h3-4,7H,1-2,5-6,8-10H2/b11-7+. The monoisotopic (exact) mass is 207 g/mol. The average Bonchev–Trinajstić information content (AvgIpc) is 2.77. The molecule has 0 spiro atoms. The van der Waals surface area contributed by atoms with Gasteiger partial charge in [-0.05, 0) is 18.4 Å². The Kier molecular flexibility index (Phi) is 4.68. The third-order valence-electron chi connectivity index (χ3n) is 2.32. The Morgan fingerprint density at radius 3 is 2.53 bits per heavy atom. The number of amides is 1. The molecule has 82 valence electrons. The molecule has 0 atom stereocenters. The van der Waals surface area contributed by atoms with E-state index in [1.807, 2.05) is 0 Å². The zero-order valence-corrected chi connectivity index (χ0v) is 8.95. The molecule has 1 heterocycles. The summed E-state index contributed by atoms with van der Waals surface area (Å²) in [6, 6.07) is 0. The first kappa shape index (κ1) is 11.6. The van der Waals surface area contributed by atoms with Gasteiger partial charge in [-0.1, -0.05) is 31.4 Å². The molecule has 0 aromatic carbocycles. The summed E-state index contributed by atoms with van der Waals surface area (Å²) in [5.74, 6) is 0. The summed E-state index contributed by atoms with van der Waals surface area (Å²) in [6.45, 7) is 9.11. The smallest absolute Gasteiger partial charge is 0.410 e. The molecule has 1 fully saturated rings. The van der Waals surface area contributed by atoms with Crippen LogP contribution in [0.1, 0.15) is 12.8 Å². The Labute approximate surface area is 90.7 Å². The summed E-state index contributed by atoms with van der Waals surface area (Å²) >= 11 is 0. The molecule has 3 nitrogen and oxygen atoms in total. The van der Waals surface area contributed by atoms with Crippen LogP contribution in [0.5, 0.6) is 0 Å². The first-order chi connectivity index (χ1) is 7.27. The number of rotatable bonds is 4. The number of carbonyl (C=O) groups excluding carboxylic acids is 1. The van der Waals surface area contributed by atoms with Crippen LogP contribution in [0.3, 0.4) is 0 Å². The lowest BCUT2D eigenvalue weighted by Gasteiger charge is -2.15. The highest BCUT2D eigenvalue weighted by molar-refractivity contribution is 5.68. The van der Waals surface area contributed by atoms with Crippen LogP contribution in [0.15, 0.2) is 37.0 Å². The predicted molar refractivity (Wildman–Crippen MR) is 60.6 cm³/mol. The van der Waals surface area contributed by atoms with Crippen molar-refractivity contribution in [3.8, 4) is 0 Å². The molecule has 0 saturated carbocycles. The molecule has 1 rings (SSSR count). The van der Waals surface area contributed by atoms with E-state index in [-0.39, 0.29) is 12.7 Å². The largest absolute Gasteiger partial charge is 0.445 e. The predicted octanol–water partition coefficient (Wildman–Crippen LogP) is 2.52. The van der Waals surface area contributed by atoms with Gasteiger partial charge in [0, 0.05) is 13.1 Å². The highest BCUT2D eigenvalue weighted by atomic mass is 16.6. The minimum Gasteiger partial charge on any atom is -0.445 e. The SMILES string of the molecule is C=C/C=C(\C=C)COC(=O)N1CCCC1. The lowest BCUT2D eigenvalue weighted by molar-refractivity contribution is 0.119. The van der Waals surface area contributed by atoms with Gasteiger partial charge >= 0.3 is 6.09 Å². The lowest BCUT2D eigenvalue weighted by atomic mass is 10.2. The Bertz CT molecular complexity index is 275. The van der Waals surface area contributed by atoms with Crippen molar-refractivity contribution in [2.75, 3.05) is 19.7 Å². The van der Waals surface area contributed by atoms with Crippen LogP contribution in [-0.4, -0.2) is 30.7 Å². The summed E-state index contributed by atoms with van der Waals surface area (Å²) in [7, 11) is 0. The number of ether oxygens (including phenoxy) is 1. The van der Waals surface area contributed by atoms with Crippen LogP contribution in [0.4, 0.5) is 4.79 Å². The number of likely N-dealkylation sites (tertiary alicyclic amines) is 1. The molecule has 0 aromatic rings. The molecule has 0 unspecified atom stereocenters. The van der Waals surface area contributed by atoms with Crippen LogP contribution in [0.25, 0.3) is 0 Å². The summed E-state index contributed by atoms with van der Waals surface area (Å²) in [4.78, 5) is 13.2. The van der Waals surface area contributed by atoms with Gasteiger partial charge in [0.25, 0.3) is 0 Å². The molecule has 1 aliphatic rings. The molecule has 0 aromatic heterocycles. The molecular formula is C12H17NO2. The van der Waals surface area contributed by atoms with Crippen molar-refractivity contribution in [2.24, 2.45) is 0 Å². The Hall–Kier alpha value is -1.51. The molecule has 1 amide bonds. The lowest BCUT2D eigenvalue weighted by Crippen LogP contribution is -2.28. The van der Waals surface area contributed by atoms with Crippen molar-refractivity contribution in [1.82, 2.24) is 4.90 Å². The molecule has 0 N–H and O–H groups in total. The number of carbonyl (C=O) groups is 1. The maximum Gasteiger partial charge on any atom is 0.410 e. The quantitative estimate of drug-likeness (QED) is 0.663. The Balaban J connectivity index is 2.35. The van der Waals surface area contributed by atoms with Gasteiger partial charge in [0.1, 0.15) is 6.61 Å². The van der Waals surface area contributed by atoms with Crippen LogP contribution in [0.2, 0.25) is 0 Å². The van der Waals surface area contributed by atoms with Gasteiger partial charge in [-0.3, -0.25) is 0 Å². The molecule has 3 heteroatoms. The Morgan fingerprint density at radius 2 is 2.00 bits per heavy atom. The summed E-state index contributed by atoms with van der Waals surface area (Å²) in [6.07, 6.45) is 7.02. The van der Waals surface area contributed by atoms with Gasteiger partial charge in [-0.2, -0.15) is 0 Å². The van der Waals surface area contributed by atoms with E-state index < -0.39 is 0 Å². The zero-order valence-electron chi connectivity index (χ0n) is 8.95. The van der Waals surface area contributed by atoms with Crippen molar-refractivity contribution < 1.29 is 9.53 Å². The summed E-state index contributed by atoms with van der Waals surface area (Å²) < 4.78 is 5.13. The first-order valence-electron chi connectivity index (χ1n) is 5.13. The van der Waals surface area contributed by atoms with E-state index in [2.05, 4.69) is 13.2 Å². The number of hydrogen-bond donors (Lipinski definition) is 0. The summed E-state index contributed by atoms with van der Waals surface area (Å²) in [5.41, 5.74) is 0.859. The minimum atomic E-state index is -0.232. The second kappa shape index (κ2) is 6.06. The zero-order chi connectivity index (χ0) is 11.1. The van der Waals surface area contributed by atoms with Gasteiger partial charge < -0.3 is 9.64 Å². The van der Waals surface area contributed by atoms with Crippen molar-refractivity contribution in [2.45, 2.75) is 12.8 Å². The van der Waals surface area contributed by atoms with Crippen LogP contribution in [0, 0.1) is 0 Å². The maximum atomic E-state index is 11.5. The fraction of sp³-hybridized carbons (Fsp3) is 0.417. The highest BCUT2D eigenvalue weighted by Gasteiger charge is 2.18. The van der Waals surface area contributed by atoms with Crippen LogP contribution in [-0.2, 0) is 4.74 Å². The molecule has 1 saturated heterocycles. The average molecular weight is 207 g/mol. The second-order valence-corrected chi connectivity index (χ2v) is 3.43. The maximum absolute atomic E-state index is 11.5. The second-order valence-electron chi connectivity index (χ2n) is 3.43. The molecule has 0 radical (unpaired) electrons. The van der Waals surface area contributed by atoms with Crippen molar-refractivity contribution in [1.29, 1.82) is 0 Å². The van der Waals surface area contributed by atoms with E-state index in [0.717, 1.165) is 31.5 Å². The normalized spacial score (nSPS) is 16.3. The van der Waals surface area contributed by atoms with E-state index in [9.17, 15) is 4.79 Å². The van der Waals surface area contributed by atoms with Crippen LogP contribution < -0.4 is 0 Å². The van der Waals surface area contributed by atoms with E-state index in [0.29, 0.717) is 0 Å². The molecule has 0 bridgehead atoms. The number of hydrogen-bond acceptors (Lipinski definition) is 2. The van der Waals surface area contributed by atoms with Crippen LogP contribution >= 0.6 is 0 Å². The minimum absolute atomic E-state index is 0.232. The molecule has 1 aliphatic heterocycles. The fourth-order valence-electron chi connectivity index (χ4n) is 1.46. The fourth-order valence-corrected chi connectivity index (χ4v) is 1.46. The third-order valence-corrected chi connectivity index (χ3v) is 2.32. The van der Waals surface area contributed by atoms with E-state index in [1.54, 1.807) is 23.1 Å². The van der Waals surface area contributed by atoms with E-state index >= 15 is 0 Å². The first-order valence-corrected chi connectivity index (χ1v) is 5.13. The molecular weight excluding hydrogens is 190 g/mol. The van der Waals surface area contributed by atoms with Gasteiger partial charge in [0.05, 0.1) is 0 Å². The number of nitrogens with zero attached hydrogens (tertiary/aromatic N) is 1. The van der Waals surface area contributed by atoms with E-state index in [4.69, 9.17) is 4.74 Å².